The van der Waals surface area contributed by atoms with Crippen LogP contribution in [0.1, 0.15) is 65.2 Å². The van der Waals surface area contributed by atoms with Gasteiger partial charge in [0.1, 0.15) is 0 Å². The highest BCUT2D eigenvalue weighted by Crippen LogP contribution is 2.67. The number of carbonyl (C=O) groups is 1. The fraction of sp³-hybridized carbons (Fsp3) is 0.800. The van der Waals surface area contributed by atoms with E-state index in [0.717, 1.165) is 38.5 Å². The molecular weight excluding hydrogens is 286 g/mol. The smallest absolute Gasteiger partial charge is 0.156 e. The van der Waals surface area contributed by atoms with Gasteiger partial charge in [-0.3, -0.25) is 4.79 Å². The second kappa shape index (κ2) is 4.70. The van der Waals surface area contributed by atoms with Crippen molar-refractivity contribution < 1.29 is 9.90 Å². The van der Waals surface area contributed by atoms with E-state index in [1.807, 2.05) is 6.08 Å². The molecule has 4 aliphatic rings. The first-order valence-electron chi connectivity index (χ1n) is 9.22. The molecule has 0 spiro atoms. The second-order valence-electron chi connectivity index (χ2n) is 8.94. The largest absolute Gasteiger partial charge is 0.375 e. The van der Waals surface area contributed by atoms with E-state index in [2.05, 4.69) is 19.9 Å². The lowest BCUT2D eigenvalue weighted by Crippen LogP contribution is -2.54. The van der Waals surface area contributed by atoms with Gasteiger partial charge in [-0.2, -0.15) is 5.26 Å². The summed E-state index contributed by atoms with van der Waals surface area (Å²) in [7, 11) is 0. The highest BCUT2D eigenvalue weighted by atomic mass is 16.3. The van der Waals surface area contributed by atoms with Crippen LogP contribution >= 0.6 is 0 Å². The minimum absolute atomic E-state index is 0.172. The van der Waals surface area contributed by atoms with Crippen LogP contribution in [0.25, 0.3) is 0 Å². The van der Waals surface area contributed by atoms with E-state index in [4.69, 9.17) is 0 Å². The first-order chi connectivity index (χ1) is 10.8. The highest BCUT2D eigenvalue weighted by Gasteiger charge is 2.64. The van der Waals surface area contributed by atoms with Gasteiger partial charge in [-0.05, 0) is 74.2 Å². The van der Waals surface area contributed by atoms with Crippen molar-refractivity contribution in [3.8, 4) is 6.07 Å². The Kier molecular flexibility index (Phi) is 3.14. The number of rotatable bonds is 0. The molecule has 0 unspecified atom stereocenters. The maximum atomic E-state index is 11.8. The zero-order valence-electron chi connectivity index (χ0n) is 14.3. The number of aliphatic hydroxyl groups is 1. The van der Waals surface area contributed by atoms with Crippen molar-refractivity contribution in [2.24, 2.45) is 28.6 Å². The van der Waals surface area contributed by atoms with Crippen LogP contribution in [-0.4, -0.2) is 16.5 Å². The van der Waals surface area contributed by atoms with Gasteiger partial charge >= 0.3 is 0 Å². The number of allylic oxidation sites excluding steroid dienone is 1. The second-order valence-corrected chi connectivity index (χ2v) is 8.94. The maximum absolute atomic E-state index is 11.8. The lowest BCUT2D eigenvalue weighted by molar-refractivity contribution is -0.119. The van der Waals surface area contributed by atoms with Crippen LogP contribution in [0.5, 0.6) is 0 Å². The molecule has 6 atom stereocenters. The van der Waals surface area contributed by atoms with Gasteiger partial charge in [-0.15, -0.1) is 0 Å². The van der Waals surface area contributed by atoms with Crippen LogP contribution in [0.4, 0.5) is 0 Å². The van der Waals surface area contributed by atoms with Crippen LogP contribution in [0.2, 0.25) is 0 Å². The third kappa shape index (κ3) is 1.82. The van der Waals surface area contributed by atoms with Gasteiger partial charge in [0.15, 0.2) is 11.4 Å². The fourth-order valence-electron chi connectivity index (χ4n) is 6.76. The summed E-state index contributed by atoms with van der Waals surface area (Å²) in [6.07, 6.45) is 9.42. The number of ketones is 1. The fourth-order valence-corrected chi connectivity index (χ4v) is 6.76. The zero-order valence-corrected chi connectivity index (χ0v) is 14.3. The molecule has 3 saturated carbocycles. The number of nitriles is 1. The molecule has 3 nitrogen and oxygen atoms in total. The van der Waals surface area contributed by atoms with Crippen LogP contribution in [0.15, 0.2) is 11.6 Å². The summed E-state index contributed by atoms with van der Waals surface area (Å²) in [5.74, 6) is 1.99. The van der Waals surface area contributed by atoms with E-state index in [9.17, 15) is 15.2 Å². The number of fused-ring (bicyclic) bond motifs is 5. The molecular formula is C20H27NO2. The molecule has 124 valence electrons. The standard InChI is InChI=1S/C20H27NO2/c1-18-8-5-14(22)11-13(18)3-4-15-16(18)6-9-19(2)17(15)7-10-20(19,23)12-21/h11,15-17,23H,3-10H2,1-2H3/t15-,16+,17+,18-,19+,20+/m0/s1. The minimum atomic E-state index is -1.14. The Morgan fingerprint density at radius 3 is 2.61 bits per heavy atom. The molecule has 0 radical (unpaired) electrons. The van der Waals surface area contributed by atoms with Crippen molar-refractivity contribution in [1.82, 2.24) is 0 Å². The number of hydrogen-bond acceptors (Lipinski definition) is 3. The molecule has 0 bridgehead atoms. The van der Waals surface area contributed by atoms with Crippen LogP contribution in [0.3, 0.4) is 0 Å². The quantitative estimate of drug-likeness (QED) is 0.692. The average molecular weight is 313 g/mol. The normalized spacial score (nSPS) is 52.0. The monoisotopic (exact) mass is 313 g/mol. The van der Waals surface area contributed by atoms with Crippen molar-refractivity contribution in [3.05, 3.63) is 11.6 Å². The molecule has 23 heavy (non-hydrogen) atoms. The van der Waals surface area contributed by atoms with Gasteiger partial charge in [0.2, 0.25) is 0 Å². The van der Waals surface area contributed by atoms with Crippen molar-refractivity contribution in [2.75, 3.05) is 0 Å². The van der Waals surface area contributed by atoms with Crippen molar-refractivity contribution in [1.29, 1.82) is 5.26 Å². The van der Waals surface area contributed by atoms with Gasteiger partial charge in [-0.1, -0.05) is 19.4 Å². The van der Waals surface area contributed by atoms with Crippen LogP contribution in [-0.2, 0) is 4.79 Å². The molecule has 0 heterocycles. The molecule has 0 aliphatic heterocycles. The summed E-state index contributed by atoms with van der Waals surface area (Å²) in [6, 6.07) is 2.25. The van der Waals surface area contributed by atoms with Gasteiger partial charge in [0.25, 0.3) is 0 Å². The van der Waals surface area contributed by atoms with E-state index in [-0.39, 0.29) is 10.8 Å². The van der Waals surface area contributed by atoms with Crippen LogP contribution < -0.4 is 0 Å². The third-order valence-corrected chi connectivity index (χ3v) is 8.30. The Hall–Kier alpha value is -1.14. The van der Waals surface area contributed by atoms with E-state index in [0.29, 0.717) is 36.4 Å². The molecule has 3 fully saturated rings. The number of nitrogens with zero attached hydrogens (tertiary/aromatic N) is 1. The first-order valence-corrected chi connectivity index (χ1v) is 9.22. The minimum Gasteiger partial charge on any atom is -0.375 e. The Morgan fingerprint density at radius 2 is 1.87 bits per heavy atom. The summed E-state index contributed by atoms with van der Waals surface area (Å²) >= 11 is 0. The summed E-state index contributed by atoms with van der Waals surface area (Å²) in [5.41, 5.74) is 0.172. The lowest BCUT2D eigenvalue weighted by Gasteiger charge is -2.58. The SMILES string of the molecule is C[C@]12CCC(=O)C=C1CC[C@H]1[C@H]2CC[C@]2(C)[C@@H]1CC[C@@]2(O)C#N. The first kappa shape index (κ1) is 15.4. The summed E-state index contributed by atoms with van der Waals surface area (Å²) < 4.78 is 0. The topological polar surface area (TPSA) is 61.1 Å². The average Bonchev–Trinajstić information content (AvgIpc) is 2.80. The van der Waals surface area contributed by atoms with Crippen molar-refractivity contribution in [3.63, 3.8) is 0 Å². The van der Waals surface area contributed by atoms with E-state index in [1.165, 1.54) is 5.57 Å². The summed E-state index contributed by atoms with van der Waals surface area (Å²) in [6.45, 7) is 4.53. The Balaban J connectivity index is 1.70. The molecule has 1 N–H and O–H groups in total. The molecule has 0 aromatic carbocycles. The van der Waals surface area contributed by atoms with Gasteiger partial charge < -0.3 is 5.11 Å². The van der Waals surface area contributed by atoms with E-state index >= 15 is 0 Å². The van der Waals surface area contributed by atoms with Gasteiger partial charge in [0.05, 0.1) is 6.07 Å². The van der Waals surface area contributed by atoms with E-state index in [1.54, 1.807) is 0 Å². The summed E-state index contributed by atoms with van der Waals surface area (Å²) in [4.78, 5) is 11.8. The molecule has 0 saturated heterocycles. The summed E-state index contributed by atoms with van der Waals surface area (Å²) in [5, 5.41) is 20.4. The molecule has 0 amide bonds. The van der Waals surface area contributed by atoms with Gasteiger partial charge in [0, 0.05) is 11.8 Å². The van der Waals surface area contributed by atoms with Crippen LogP contribution in [0, 0.1) is 39.9 Å². The third-order valence-electron chi connectivity index (χ3n) is 8.30. The molecule has 0 aromatic heterocycles. The zero-order chi connectivity index (χ0) is 16.5. The Morgan fingerprint density at radius 1 is 1.13 bits per heavy atom. The molecule has 4 rings (SSSR count). The molecule has 4 aliphatic carbocycles. The Labute approximate surface area is 138 Å². The number of carbonyl (C=O) groups excluding carboxylic acids is 1. The Bertz CT molecular complexity index is 632. The van der Waals surface area contributed by atoms with Crippen molar-refractivity contribution in [2.45, 2.75) is 70.8 Å². The predicted molar refractivity (Wildman–Crippen MR) is 87.3 cm³/mol. The maximum Gasteiger partial charge on any atom is 0.156 e. The van der Waals surface area contributed by atoms with Gasteiger partial charge in [-0.25, -0.2) is 0 Å². The predicted octanol–water partition coefficient (Wildman–Crippen LogP) is 3.77. The highest BCUT2D eigenvalue weighted by molar-refractivity contribution is 5.91. The van der Waals surface area contributed by atoms with E-state index < -0.39 is 5.60 Å². The van der Waals surface area contributed by atoms with Crippen molar-refractivity contribution >= 4 is 5.78 Å². The molecule has 3 heteroatoms. The number of hydrogen-bond donors (Lipinski definition) is 1. The molecule has 0 aromatic rings. The lowest BCUT2D eigenvalue weighted by atomic mass is 9.46.